The summed E-state index contributed by atoms with van der Waals surface area (Å²) in [7, 11) is 0.422. The molecule has 14 heavy (non-hydrogen) atoms. The van der Waals surface area contributed by atoms with Crippen molar-refractivity contribution in [1.29, 1.82) is 0 Å². The molecule has 0 aromatic rings. The molecule has 0 aliphatic carbocycles. The first kappa shape index (κ1) is 16.8. The molecule has 0 saturated heterocycles. The number of hydrogen-bond acceptors (Lipinski definition) is 0. The highest BCUT2D eigenvalue weighted by molar-refractivity contribution is 7.57. The fourth-order valence-corrected chi connectivity index (χ4v) is 4.44. The minimum absolute atomic E-state index is 0. The number of nitrogens with zero attached hydrogens (tertiary/aromatic N) is 1. The summed E-state index contributed by atoms with van der Waals surface area (Å²) in [5, 5.41) is 0. The Hall–Kier alpha value is 0.390. The van der Waals surface area contributed by atoms with Gasteiger partial charge in [-0.1, -0.05) is 40.0 Å². The van der Waals surface area contributed by atoms with E-state index in [-0.39, 0.29) is 6.15 Å². The number of rotatable bonds is 9. The van der Waals surface area contributed by atoms with E-state index in [0.29, 0.717) is 7.92 Å². The highest BCUT2D eigenvalue weighted by atomic mass is 31.1. The summed E-state index contributed by atoms with van der Waals surface area (Å²) >= 11 is 0. The van der Waals surface area contributed by atoms with E-state index < -0.39 is 0 Å². The third-order valence-corrected chi connectivity index (χ3v) is 5.33. The van der Waals surface area contributed by atoms with Crippen molar-refractivity contribution < 1.29 is 0 Å². The summed E-state index contributed by atoms with van der Waals surface area (Å²) in [4.78, 5) is 0. The molecule has 1 nitrogen and oxygen atoms in total. The Labute approximate surface area is 92.4 Å². The number of hydrogen-bond donors (Lipinski definition) is 0. The van der Waals surface area contributed by atoms with E-state index in [0.717, 1.165) is 0 Å². The minimum atomic E-state index is 0. The van der Waals surface area contributed by atoms with Crippen molar-refractivity contribution in [2.24, 2.45) is 0 Å². The van der Waals surface area contributed by atoms with Gasteiger partial charge in [-0.2, -0.15) is 0 Å². The molecule has 0 aromatic heterocycles. The van der Waals surface area contributed by atoms with Crippen LogP contribution in [-0.4, -0.2) is 18.5 Å². The molecular weight excluding hydrogens is 189 g/mol. The summed E-state index contributed by atoms with van der Waals surface area (Å²) in [6.45, 7) is 6.94. The lowest BCUT2D eigenvalue weighted by atomic mass is 10.4. The van der Waals surface area contributed by atoms with Crippen LogP contribution in [0.4, 0.5) is 0 Å². The van der Waals surface area contributed by atoms with Gasteiger partial charge < -0.3 is 0 Å². The minimum Gasteiger partial charge on any atom is -0.107 e. The van der Waals surface area contributed by atoms with Gasteiger partial charge in [-0.15, -0.1) is 7.92 Å². The Morgan fingerprint density at radius 2 is 0.929 bits per heavy atom. The van der Waals surface area contributed by atoms with Crippen molar-refractivity contribution in [1.82, 2.24) is 6.15 Å². The summed E-state index contributed by atoms with van der Waals surface area (Å²) in [6.07, 6.45) is 13.2. The van der Waals surface area contributed by atoms with Gasteiger partial charge in [0.1, 0.15) is 0 Å². The smallest absolute Gasteiger partial charge is 0 e. The lowest BCUT2D eigenvalue weighted by Crippen LogP contribution is -1.95. The molecular formula is C12H27NP. The Morgan fingerprint density at radius 3 is 1.14 bits per heavy atom. The maximum Gasteiger partial charge on any atom is 0 e. The van der Waals surface area contributed by atoms with Gasteiger partial charge in [0.05, 0.1) is 0 Å². The van der Waals surface area contributed by atoms with E-state index in [1.54, 1.807) is 18.5 Å². The molecule has 0 atom stereocenters. The Balaban J connectivity index is 0. The lowest BCUT2D eigenvalue weighted by molar-refractivity contribution is 0.847. The second-order valence-corrected chi connectivity index (χ2v) is 6.59. The van der Waals surface area contributed by atoms with Crippen LogP contribution in [0.2, 0.25) is 0 Å². The predicted molar refractivity (Wildman–Crippen MR) is 68.4 cm³/mol. The average molecular weight is 216 g/mol. The normalized spacial score (nSPS) is 10.3. The quantitative estimate of drug-likeness (QED) is 0.512. The Kier molecular flexibility index (Phi) is 16.1. The fourth-order valence-electron chi connectivity index (χ4n) is 1.48. The van der Waals surface area contributed by atoms with E-state index >= 15 is 0 Å². The fraction of sp³-hybridized carbons (Fsp3) is 1.00. The first-order valence-electron chi connectivity index (χ1n) is 6.07. The van der Waals surface area contributed by atoms with Crippen LogP contribution in [0.15, 0.2) is 0 Å². The van der Waals surface area contributed by atoms with Crippen molar-refractivity contribution in [3.05, 3.63) is 0 Å². The maximum atomic E-state index is 2.31. The van der Waals surface area contributed by atoms with E-state index in [2.05, 4.69) is 20.8 Å². The van der Waals surface area contributed by atoms with Gasteiger partial charge in [0.2, 0.25) is 0 Å². The van der Waals surface area contributed by atoms with Crippen molar-refractivity contribution in [2.45, 2.75) is 59.3 Å². The van der Waals surface area contributed by atoms with Crippen LogP contribution in [0.5, 0.6) is 0 Å². The van der Waals surface area contributed by atoms with Gasteiger partial charge in [0, 0.05) is 6.15 Å². The Morgan fingerprint density at radius 1 is 0.643 bits per heavy atom. The van der Waals surface area contributed by atoms with Gasteiger partial charge in [0.25, 0.3) is 0 Å². The van der Waals surface area contributed by atoms with Gasteiger partial charge in [-0.25, -0.2) is 0 Å². The first-order valence-corrected chi connectivity index (χ1v) is 7.97. The molecule has 0 bridgehead atoms. The van der Waals surface area contributed by atoms with Crippen LogP contribution in [0.1, 0.15) is 59.3 Å². The van der Waals surface area contributed by atoms with Gasteiger partial charge in [0.15, 0.2) is 0 Å². The van der Waals surface area contributed by atoms with Crippen LogP contribution in [0.25, 0.3) is 0 Å². The van der Waals surface area contributed by atoms with Crippen LogP contribution in [0.3, 0.4) is 0 Å². The second kappa shape index (κ2) is 13.4. The SMILES string of the molecule is CCCCP(CCCC)CCCC.[N]. The van der Waals surface area contributed by atoms with Crippen LogP contribution < -0.4 is 6.15 Å². The topological polar surface area (TPSA) is 30.5 Å². The highest BCUT2D eigenvalue weighted by Gasteiger charge is 2.05. The molecule has 0 aromatic carbocycles. The van der Waals surface area contributed by atoms with Crippen LogP contribution in [0, 0.1) is 0 Å². The lowest BCUT2D eigenvalue weighted by Gasteiger charge is -2.16. The molecule has 0 amide bonds. The van der Waals surface area contributed by atoms with Crippen molar-refractivity contribution >= 4 is 7.92 Å². The monoisotopic (exact) mass is 216 g/mol. The zero-order valence-corrected chi connectivity index (χ0v) is 11.2. The average Bonchev–Trinajstić information content (AvgIpc) is 2.17. The van der Waals surface area contributed by atoms with Crippen molar-refractivity contribution in [2.75, 3.05) is 18.5 Å². The summed E-state index contributed by atoms with van der Waals surface area (Å²) in [5.74, 6) is 0. The molecule has 0 fully saturated rings. The third-order valence-electron chi connectivity index (χ3n) is 2.48. The molecule has 85 valence electrons. The first-order chi connectivity index (χ1) is 6.35. The van der Waals surface area contributed by atoms with Gasteiger partial charge in [-0.05, 0) is 37.7 Å². The molecule has 0 aliphatic heterocycles. The summed E-state index contributed by atoms with van der Waals surface area (Å²) < 4.78 is 0. The zero-order valence-electron chi connectivity index (χ0n) is 10.3. The van der Waals surface area contributed by atoms with Gasteiger partial charge >= 0.3 is 0 Å². The van der Waals surface area contributed by atoms with E-state index in [1.165, 1.54) is 38.5 Å². The molecule has 0 aliphatic rings. The number of unbranched alkanes of at least 4 members (excludes halogenated alkanes) is 3. The molecule has 0 spiro atoms. The molecule has 0 saturated carbocycles. The largest absolute Gasteiger partial charge is 0.107 e. The third kappa shape index (κ3) is 10.5. The zero-order chi connectivity index (χ0) is 9.94. The Bertz CT molecular complexity index is 77.3. The highest BCUT2D eigenvalue weighted by Crippen LogP contribution is 2.38. The summed E-state index contributed by atoms with van der Waals surface area (Å²) in [6, 6.07) is 0. The second-order valence-electron chi connectivity index (χ2n) is 3.90. The maximum absolute atomic E-state index is 2.31. The summed E-state index contributed by atoms with van der Waals surface area (Å²) in [5.41, 5.74) is 0. The van der Waals surface area contributed by atoms with Gasteiger partial charge in [-0.3, -0.25) is 0 Å². The molecule has 0 heterocycles. The molecule has 0 unspecified atom stereocenters. The van der Waals surface area contributed by atoms with Crippen LogP contribution >= 0.6 is 7.92 Å². The molecule has 0 rings (SSSR count). The van der Waals surface area contributed by atoms with Crippen molar-refractivity contribution in [3.63, 3.8) is 0 Å². The standard InChI is InChI=1S/C12H27P.N/c1-4-7-10-13(11-8-5-2)12-9-6-3;/h4-12H2,1-3H3;. The van der Waals surface area contributed by atoms with Crippen LogP contribution in [-0.2, 0) is 0 Å². The molecule has 0 N–H and O–H groups in total. The van der Waals surface area contributed by atoms with E-state index in [4.69, 9.17) is 0 Å². The van der Waals surface area contributed by atoms with E-state index in [9.17, 15) is 0 Å². The predicted octanol–water partition coefficient (Wildman–Crippen LogP) is 4.39. The molecule has 3 radical (unpaired) electrons. The van der Waals surface area contributed by atoms with E-state index in [1.807, 2.05) is 0 Å². The molecule has 2 heteroatoms. The van der Waals surface area contributed by atoms with Crippen molar-refractivity contribution in [3.8, 4) is 0 Å².